The Kier molecular flexibility index (Phi) is 5.60. The summed E-state index contributed by atoms with van der Waals surface area (Å²) in [6.07, 6.45) is -4.76. The lowest BCUT2D eigenvalue weighted by Gasteiger charge is -2.27. The van der Waals surface area contributed by atoms with E-state index in [0.29, 0.717) is 5.56 Å². The van der Waals surface area contributed by atoms with Gasteiger partial charge in [0.1, 0.15) is 11.4 Å². The normalized spacial score (nSPS) is 12.9. The van der Waals surface area contributed by atoms with Gasteiger partial charge < -0.3 is 5.11 Å². The molecule has 2 aromatic rings. The monoisotopic (exact) mass is 407 g/mol. The Morgan fingerprint density at radius 1 is 1.04 bits per heavy atom. The maximum absolute atomic E-state index is 13.0. The van der Waals surface area contributed by atoms with Crippen LogP contribution in [0.3, 0.4) is 0 Å². The third-order valence-electron chi connectivity index (χ3n) is 3.59. The molecular weight excluding hydrogens is 391 g/mol. The molecule has 0 aromatic heterocycles. The quantitative estimate of drug-likeness (QED) is 0.802. The number of alkyl halides is 3. The van der Waals surface area contributed by atoms with Gasteiger partial charge in [-0.3, -0.25) is 4.31 Å². The van der Waals surface area contributed by atoms with Crippen LogP contribution in [-0.4, -0.2) is 26.2 Å². The van der Waals surface area contributed by atoms with E-state index >= 15 is 0 Å². The van der Waals surface area contributed by atoms with Gasteiger partial charge in [-0.1, -0.05) is 35.9 Å². The summed E-state index contributed by atoms with van der Waals surface area (Å²) in [5, 5.41) is 9.78. The van der Waals surface area contributed by atoms with Crippen molar-refractivity contribution >= 4 is 27.3 Å². The average Bonchev–Trinajstić information content (AvgIpc) is 2.51. The molecule has 4 nitrogen and oxygen atoms in total. The molecule has 9 heteroatoms. The number of hydrogen-bond acceptors (Lipinski definition) is 3. The standard InChI is InChI=1S/C17H17ClF3NO3S/c1-16(2,23)12-7-9-13(10-8-12)22(11-17(19,20)21)26(24,25)15-6-4-3-5-14(15)18/h3-10,23H,11H2,1-2H3. The topological polar surface area (TPSA) is 57.6 Å². The van der Waals surface area contributed by atoms with Gasteiger partial charge in [0, 0.05) is 0 Å². The second-order valence-electron chi connectivity index (χ2n) is 6.16. The first kappa shape index (κ1) is 20.5. The van der Waals surface area contributed by atoms with Gasteiger partial charge in [0.25, 0.3) is 10.0 Å². The van der Waals surface area contributed by atoms with E-state index in [1.54, 1.807) is 0 Å². The SMILES string of the molecule is CC(C)(O)c1ccc(N(CC(F)(F)F)S(=O)(=O)c2ccccc2Cl)cc1. The van der Waals surface area contributed by atoms with E-state index in [4.69, 9.17) is 11.6 Å². The zero-order valence-electron chi connectivity index (χ0n) is 14.0. The molecular formula is C17H17ClF3NO3S. The van der Waals surface area contributed by atoms with Gasteiger partial charge in [-0.25, -0.2) is 8.42 Å². The fourth-order valence-electron chi connectivity index (χ4n) is 2.29. The highest BCUT2D eigenvalue weighted by atomic mass is 35.5. The third kappa shape index (κ3) is 4.69. The minimum Gasteiger partial charge on any atom is -0.386 e. The summed E-state index contributed by atoms with van der Waals surface area (Å²) in [5.74, 6) is 0. The third-order valence-corrected chi connectivity index (χ3v) is 5.86. The lowest BCUT2D eigenvalue weighted by molar-refractivity contribution is -0.117. The Bertz CT molecular complexity index is 875. The first-order chi connectivity index (χ1) is 11.8. The van der Waals surface area contributed by atoms with Gasteiger partial charge in [0.15, 0.2) is 0 Å². The van der Waals surface area contributed by atoms with Crippen LogP contribution >= 0.6 is 11.6 Å². The molecule has 2 rings (SSSR count). The molecule has 0 heterocycles. The van der Waals surface area contributed by atoms with Crippen molar-refractivity contribution in [1.82, 2.24) is 0 Å². The van der Waals surface area contributed by atoms with E-state index in [0.717, 1.165) is 6.07 Å². The molecule has 0 saturated carbocycles. The molecule has 0 bridgehead atoms. The van der Waals surface area contributed by atoms with E-state index in [1.807, 2.05) is 0 Å². The molecule has 142 valence electrons. The van der Waals surface area contributed by atoms with Crippen LogP contribution in [0.5, 0.6) is 0 Å². The van der Waals surface area contributed by atoms with Gasteiger partial charge in [-0.15, -0.1) is 0 Å². The fraction of sp³-hybridized carbons (Fsp3) is 0.294. The predicted octanol–water partition coefficient (Wildman–Crippen LogP) is 4.33. The van der Waals surface area contributed by atoms with Crippen molar-refractivity contribution in [2.24, 2.45) is 0 Å². The van der Waals surface area contributed by atoms with Crippen molar-refractivity contribution < 1.29 is 26.7 Å². The summed E-state index contributed by atoms with van der Waals surface area (Å²) >= 11 is 5.88. The molecule has 0 unspecified atom stereocenters. The van der Waals surface area contributed by atoms with Gasteiger partial charge in [-0.05, 0) is 43.7 Å². The van der Waals surface area contributed by atoms with E-state index in [-0.39, 0.29) is 15.0 Å². The summed E-state index contributed by atoms with van der Waals surface area (Å²) in [6.45, 7) is 1.31. The lowest BCUT2D eigenvalue weighted by atomic mass is 9.98. The number of sulfonamides is 1. The Hall–Kier alpha value is -1.77. The van der Waals surface area contributed by atoms with E-state index in [9.17, 15) is 26.7 Å². The molecule has 0 aliphatic heterocycles. The lowest BCUT2D eigenvalue weighted by Crippen LogP contribution is -2.39. The molecule has 0 aliphatic carbocycles. The van der Waals surface area contributed by atoms with Gasteiger partial charge in [0.2, 0.25) is 0 Å². The zero-order valence-corrected chi connectivity index (χ0v) is 15.5. The number of rotatable bonds is 5. The molecule has 0 spiro atoms. The number of aliphatic hydroxyl groups is 1. The molecule has 0 atom stereocenters. The Balaban J connectivity index is 2.56. The molecule has 0 radical (unpaired) electrons. The molecule has 2 aromatic carbocycles. The Labute approximate surface area is 154 Å². The van der Waals surface area contributed by atoms with E-state index in [2.05, 4.69) is 0 Å². The highest BCUT2D eigenvalue weighted by Gasteiger charge is 2.38. The van der Waals surface area contributed by atoms with Gasteiger partial charge in [0.05, 0.1) is 16.3 Å². The van der Waals surface area contributed by atoms with E-state index in [1.165, 1.54) is 56.3 Å². The van der Waals surface area contributed by atoms with Crippen molar-refractivity contribution in [3.8, 4) is 0 Å². The summed E-state index contributed by atoms with van der Waals surface area (Å²) in [6, 6.07) is 10.5. The van der Waals surface area contributed by atoms with Crippen LogP contribution in [0.2, 0.25) is 5.02 Å². The summed E-state index contributed by atoms with van der Waals surface area (Å²) in [7, 11) is -4.55. The maximum Gasteiger partial charge on any atom is 0.407 e. The first-order valence-electron chi connectivity index (χ1n) is 7.49. The number of hydrogen-bond donors (Lipinski definition) is 1. The Morgan fingerprint density at radius 3 is 2.04 bits per heavy atom. The maximum atomic E-state index is 13.0. The number of halogens is 4. The minimum atomic E-state index is -4.76. The Morgan fingerprint density at radius 2 is 1.58 bits per heavy atom. The largest absolute Gasteiger partial charge is 0.407 e. The van der Waals surface area contributed by atoms with Crippen molar-refractivity contribution in [3.63, 3.8) is 0 Å². The smallest absolute Gasteiger partial charge is 0.386 e. The van der Waals surface area contributed by atoms with Crippen LogP contribution in [0.1, 0.15) is 19.4 Å². The highest BCUT2D eigenvalue weighted by Crippen LogP contribution is 2.32. The number of anilines is 1. The molecule has 0 fully saturated rings. The average molecular weight is 408 g/mol. The van der Waals surface area contributed by atoms with E-state index < -0.39 is 33.2 Å². The second kappa shape index (κ2) is 7.09. The second-order valence-corrected chi connectivity index (χ2v) is 8.40. The number of nitrogens with zero attached hydrogens (tertiary/aromatic N) is 1. The van der Waals surface area contributed by atoms with Crippen molar-refractivity contribution in [2.75, 3.05) is 10.8 Å². The molecule has 1 N–H and O–H groups in total. The van der Waals surface area contributed by atoms with Crippen LogP contribution < -0.4 is 4.31 Å². The van der Waals surface area contributed by atoms with Crippen LogP contribution in [0.25, 0.3) is 0 Å². The molecule has 0 saturated heterocycles. The molecule has 26 heavy (non-hydrogen) atoms. The van der Waals surface area contributed by atoms with Crippen LogP contribution in [0.4, 0.5) is 18.9 Å². The summed E-state index contributed by atoms with van der Waals surface area (Å²) in [4.78, 5) is -0.419. The van der Waals surface area contributed by atoms with Crippen molar-refractivity contribution in [3.05, 3.63) is 59.1 Å². The highest BCUT2D eigenvalue weighted by molar-refractivity contribution is 7.93. The van der Waals surface area contributed by atoms with Crippen LogP contribution in [0, 0.1) is 0 Å². The first-order valence-corrected chi connectivity index (χ1v) is 9.31. The fourth-order valence-corrected chi connectivity index (χ4v) is 4.23. The molecule has 0 amide bonds. The van der Waals surface area contributed by atoms with Gasteiger partial charge in [-0.2, -0.15) is 13.2 Å². The predicted molar refractivity (Wildman–Crippen MR) is 93.7 cm³/mol. The van der Waals surface area contributed by atoms with Crippen LogP contribution in [-0.2, 0) is 15.6 Å². The summed E-state index contributed by atoms with van der Waals surface area (Å²) in [5.41, 5.74) is -0.965. The van der Waals surface area contributed by atoms with Crippen molar-refractivity contribution in [2.45, 2.75) is 30.5 Å². The zero-order chi connectivity index (χ0) is 19.8. The molecule has 0 aliphatic rings. The number of benzene rings is 2. The van der Waals surface area contributed by atoms with Crippen LogP contribution in [0.15, 0.2) is 53.4 Å². The van der Waals surface area contributed by atoms with Crippen molar-refractivity contribution in [1.29, 1.82) is 0 Å². The minimum absolute atomic E-state index is 0.173. The summed E-state index contributed by atoms with van der Waals surface area (Å²) < 4.78 is 64.9. The van der Waals surface area contributed by atoms with Gasteiger partial charge >= 0.3 is 6.18 Å².